The molecular formula is C5H8F2. The summed E-state index contributed by atoms with van der Waals surface area (Å²) >= 11 is 0. The van der Waals surface area contributed by atoms with Crippen LogP contribution in [-0.2, 0) is 0 Å². The maximum atomic E-state index is 11.8. The molecule has 1 atom stereocenters. The SMILES string of the molecule is C=C(F)C(F)CC. The Bertz CT molecular complexity index is 68.5. The standard InChI is InChI=1S/C5H8F2/c1-3-5(7)4(2)6/h5H,2-3H2,1H3. The van der Waals surface area contributed by atoms with Crippen LogP contribution >= 0.6 is 0 Å². The summed E-state index contributed by atoms with van der Waals surface area (Å²) in [5, 5.41) is 0. The van der Waals surface area contributed by atoms with E-state index in [9.17, 15) is 8.78 Å². The lowest BCUT2D eigenvalue weighted by Crippen LogP contribution is -1.94. The van der Waals surface area contributed by atoms with E-state index in [0.29, 0.717) is 0 Å². The predicted octanol–water partition coefficient (Wildman–Crippen LogP) is 2.22. The Kier molecular flexibility index (Phi) is 2.56. The smallest absolute Gasteiger partial charge is 0.150 e. The van der Waals surface area contributed by atoms with E-state index in [4.69, 9.17) is 0 Å². The van der Waals surface area contributed by atoms with E-state index in [1.54, 1.807) is 6.92 Å². The minimum absolute atomic E-state index is 0.176. The number of hydrogen-bond acceptors (Lipinski definition) is 0. The van der Waals surface area contributed by atoms with Crippen LogP contribution in [0.25, 0.3) is 0 Å². The maximum Gasteiger partial charge on any atom is 0.150 e. The highest BCUT2D eigenvalue weighted by atomic mass is 19.2. The lowest BCUT2D eigenvalue weighted by molar-refractivity contribution is 0.320. The zero-order valence-electron chi connectivity index (χ0n) is 4.25. The molecule has 0 bridgehead atoms. The van der Waals surface area contributed by atoms with Crippen molar-refractivity contribution in [2.75, 3.05) is 0 Å². The monoisotopic (exact) mass is 106 g/mol. The maximum absolute atomic E-state index is 11.8. The van der Waals surface area contributed by atoms with Crippen molar-refractivity contribution < 1.29 is 8.78 Å². The molecule has 1 unspecified atom stereocenters. The van der Waals surface area contributed by atoms with Gasteiger partial charge in [-0.25, -0.2) is 8.78 Å². The van der Waals surface area contributed by atoms with E-state index in [2.05, 4.69) is 6.58 Å². The summed E-state index contributed by atoms with van der Waals surface area (Å²) in [6.07, 6.45) is -1.28. The van der Waals surface area contributed by atoms with Gasteiger partial charge in [0.1, 0.15) is 5.83 Å². The van der Waals surface area contributed by atoms with Gasteiger partial charge in [-0.1, -0.05) is 13.5 Å². The van der Waals surface area contributed by atoms with Crippen LogP contribution < -0.4 is 0 Å². The van der Waals surface area contributed by atoms with Gasteiger partial charge in [-0.05, 0) is 6.42 Å². The van der Waals surface area contributed by atoms with E-state index < -0.39 is 12.0 Å². The third-order valence-corrected chi connectivity index (χ3v) is 0.698. The second-order valence-corrected chi connectivity index (χ2v) is 1.32. The summed E-state index contributed by atoms with van der Waals surface area (Å²) in [4.78, 5) is 0. The highest BCUT2D eigenvalue weighted by molar-refractivity contribution is 4.88. The van der Waals surface area contributed by atoms with Gasteiger partial charge < -0.3 is 0 Å². The van der Waals surface area contributed by atoms with Gasteiger partial charge >= 0.3 is 0 Å². The molecule has 0 aliphatic heterocycles. The third kappa shape index (κ3) is 2.31. The minimum Gasteiger partial charge on any atom is -0.240 e. The number of alkyl halides is 1. The van der Waals surface area contributed by atoms with Gasteiger partial charge in [0.25, 0.3) is 0 Å². The molecule has 0 aliphatic rings. The second kappa shape index (κ2) is 2.72. The van der Waals surface area contributed by atoms with Gasteiger partial charge in [-0.3, -0.25) is 0 Å². The highest BCUT2D eigenvalue weighted by Crippen LogP contribution is 2.07. The normalized spacial score (nSPS) is 13.6. The van der Waals surface area contributed by atoms with Crippen molar-refractivity contribution in [3.8, 4) is 0 Å². The van der Waals surface area contributed by atoms with E-state index in [1.165, 1.54) is 0 Å². The molecule has 0 aromatic carbocycles. The first-order chi connectivity index (χ1) is 3.18. The number of allylic oxidation sites excluding steroid dienone is 1. The molecule has 0 spiro atoms. The highest BCUT2D eigenvalue weighted by Gasteiger charge is 2.04. The Morgan fingerprint density at radius 1 is 1.86 bits per heavy atom. The molecule has 0 aromatic rings. The minimum atomic E-state index is -1.46. The molecule has 42 valence electrons. The summed E-state index contributed by atoms with van der Waals surface area (Å²) in [5.41, 5.74) is 0. The predicted molar refractivity (Wildman–Crippen MR) is 25.4 cm³/mol. The Balaban J connectivity index is 3.34. The van der Waals surface area contributed by atoms with E-state index in [0.717, 1.165) is 0 Å². The van der Waals surface area contributed by atoms with Crippen LogP contribution in [-0.4, -0.2) is 6.17 Å². The lowest BCUT2D eigenvalue weighted by Gasteiger charge is -1.95. The molecule has 0 aliphatic carbocycles. The van der Waals surface area contributed by atoms with Crippen LogP contribution in [0, 0.1) is 0 Å². The van der Waals surface area contributed by atoms with Gasteiger partial charge in [0.15, 0.2) is 6.17 Å². The third-order valence-electron chi connectivity index (χ3n) is 0.698. The molecule has 0 saturated heterocycles. The van der Waals surface area contributed by atoms with Crippen molar-refractivity contribution in [1.82, 2.24) is 0 Å². The van der Waals surface area contributed by atoms with Crippen molar-refractivity contribution in [2.24, 2.45) is 0 Å². The first-order valence-corrected chi connectivity index (χ1v) is 2.16. The molecule has 2 heteroatoms. The zero-order chi connectivity index (χ0) is 5.86. The van der Waals surface area contributed by atoms with Gasteiger partial charge in [-0.2, -0.15) is 0 Å². The summed E-state index contributed by atoms with van der Waals surface area (Å²) in [5.74, 6) is -0.873. The molecule has 0 N–H and O–H groups in total. The molecule has 0 saturated carbocycles. The Morgan fingerprint density at radius 3 is 2.29 bits per heavy atom. The quantitative estimate of drug-likeness (QED) is 0.506. The van der Waals surface area contributed by atoms with Gasteiger partial charge in [0.05, 0.1) is 0 Å². The van der Waals surface area contributed by atoms with Crippen molar-refractivity contribution in [2.45, 2.75) is 19.5 Å². The molecule has 7 heavy (non-hydrogen) atoms. The summed E-state index contributed by atoms with van der Waals surface area (Å²) in [7, 11) is 0. The molecule has 0 heterocycles. The Labute approximate surface area is 41.8 Å². The van der Waals surface area contributed by atoms with E-state index in [1.807, 2.05) is 0 Å². The van der Waals surface area contributed by atoms with Crippen LogP contribution in [0.4, 0.5) is 8.78 Å². The van der Waals surface area contributed by atoms with Crippen molar-refractivity contribution >= 4 is 0 Å². The fourth-order valence-electron chi connectivity index (χ4n) is 0.221. The summed E-state index contributed by atoms with van der Waals surface area (Å²) in [6, 6.07) is 0. The van der Waals surface area contributed by atoms with E-state index >= 15 is 0 Å². The Hall–Kier alpha value is -0.400. The van der Waals surface area contributed by atoms with Gasteiger partial charge in [0, 0.05) is 0 Å². The van der Waals surface area contributed by atoms with E-state index in [-0.39, 0.29) is 6.42 Å². The van der Waals surface area contributed by atoms with Crippen LogP contribution in [0.2, 0.25) is 0 Å². The van der Waals surface area contributed by atoms with Gasteiger partial charge in [0.2, 0.25) is 0 Å². The fourth-order valence-corrected chi connectivity index (χ4v) is 0.221. The van der Waals surface area contributed by atoms with Crippen molar-refractivity contribution in [3.05, 3.63) is 12.4 Å². The molecule has 0 nitrogen and oxygen atoms in total. The number of rotatable bonds is 2. The van der Waals surface area contributed by atoms with Crippen LogP contribution in [0.15, 0.2) is 12.4 Å². The first-order valence-electron chi connectivity index (χ1n) is 2.16. The number of halogens is 2. The fraction of sp³-hybridized carbons (Fsp3) is 0.600. The summed E-state index contributed by atoms with van der Waals surface area (Å²) in [6.45, 7) is 4.35. The van der Waals surface area contributed by atoms with Crippen molar-refractivity contribution in [1.29, 1.82) is 0 Å². The summed E-state index contributed by atoms with van der Waals surface area (Å²) < 4.78 is 23.3. The van der Waals surface area contributed by atoms with Crippen LogP contribution in [0.1, 0.15) is 13.3 Å². The average molecular weight is 106 g/mol. The average Bonchev–Trinajstić information content (AvgIpc) is 1.65. The molecule has 0 amide bonds. The van der Waals surface area contributed by atoms with Gasteiger partial charge in [-0.15, -0.1) is 0 Å². The van der Waals surface area contributed by atoms with Crippen LogP contribution in [0.3, 0.4) is 0 Å². The largest absolute Gasteiger partial charge is 0.240 e. The van der Waals surface area contributed by atoms with Crippen LogP contribution in [0.5, 0.6) is 0 Å². The second-order valence-electron chi connectivity index (χ2n) is 1.32. The number of hydrogen-bond donors (Lipinski definition) is 0. The topological polar surface area (TPSA) is 0 Å². The molecule has 0 fully saturated rings. The lowest BCUT2D eigenvalue weighted by atomic mass is 10.3. The Morgan fingerprint density at radius 2 is 2.29 bits per heavy atom. The zero-order valence-corrected chi connectivity index (χ0v) is 4.25. The first kappa shape index (κ1) is 6.60. The van der Waals surface area contributed by atoms with Crippen molar-refractivity contribution in [3.63, 3.8) is 0 Å². The molecule has 0 radical (unpaired) electrons. The molecule has 0 rings (SSSR count). The molecule has 0 aromatic heterocycles. The molecular weight excluding hydrogens is 98.1 g/mol.